The van der Waals surface area contributed by atoms with Gasteiger partial charge in [0.25, 0.3) is 0 Å². The van der Waals surface area contributed by atoms with E-state index in [0.717, 1.165) is 40.3 Å². The minimum absolute atomic E-state index is 0.191. The molecule has 0 radical (unpaired) electrons. The maximum Gasteiger partial charge on any atom is 0.136 e. The molecule has 8 rings (SSSR count). The summed E-state index contributed by atoms with van der Waals surface area (Å²) in [5, 5.41) is 1.12. The molecule has 4 aromatic rings. The zero-order chi connectivity index (χ0) is 25.7. The van der Waals surface area contributed by atoms with Crippen molar-refractivity contribution in [3.63, 3.8) is 0 Å². The van der Waals surface area contributed by atoms with E-state index in [4.69, 9.17) is 9.97 Å². The fourth-order valence-electron chi connectivity index (χ4n) is 6.95. The van der Waals surface area contributed by atoms with E-state index in [1.807, 2.05) is 11.8 Å². The second-order valence-corrected chi connectivity index (χ2v) is 12.9. The van der Waals surface area contributed by atoms with Crippen LogP contribution in [0.1, 0.15) is 56.8 Å². The van der Waals surface area contributed by atoms with Crippen LogP contribution in [0.4, 0.5) is 0 Å². The fraction of sp³-hybridized carbons (Fsp3) is 0.314. The van der Waals surface area contributed by atoms with Crippen LogP contribution in [0.5, 0.6) is 0 Å². The molecule has 3 atom stereocenters. The van der Waals surface area contributed by atoms with Gasteiger partial charge in [0.2, 0.25) is 0 Å². The highest BCUT2D eigenvalue weighted by molar-refractivity contribution is 8.03. The van der Waals surface area contributed by atoms with Gasteiger partial charge in [0.05, 0.1) is 11.2 Å². The van der Waals surface area contributed by atoms with Crippen LogP contribution in [-0.4, -0.2) is 9.97 Å². The van der Waals surface area contributed by atoms with E-state index in [2.05, 4.69) is 105 Å². The minimum Gasteiger partial charge on any atom is -0.232 e. The first-order valence-electron chi connectivity index (χ1n) is 14.1. The standard InChI is InChI=1S/C35H34N2S/c1-35(2)26-15-10-14-23-11-6-9-18-31(23)38-32-20-19-25(21-28(32)29(35)22-26)34-36-30-17-8-7-16-27(30)33(37-34)24-12-4-3-5-13-24/h3-9,11-13,16-20,25-26,29H,10,14-15,21-22H2,1-2H3/t25?,26-,29?/m1/s1. The van der Waals surface area contributed by atoms with Crippen molar-refractivity contribution in [1.29, 1.82) is 0 Å². The Morgan fingerprint density at radius 1 is 0.868 bits per heavy atom. The number of hydrogen-bond donors (Lipinski definition) is 0. The van der Waals surface area contributed by atoms with Gasteiger partial charge >= 0.3 is 0 Å². The number of thioether (sulfide) groups is 1. The molecule has 1 saturated carbocycles. The van der Waals surface area contributed by atoms with Crippen molar-refractivity contribution in [2.75, 3.05) is 0 Å². The second kappa shape index (κ2) is 9.54. The summed E-state index contributed by atoms with van der Waals surface area (Å²) in [6.07, 6.45) is 10.9. The predicted octanol–water partition coefficient (Wildman–Crippen LogP) is 9.39. The van der Waals surface area contributed by atoms with Gasteiger partial charge in [-0.1, -0.05) is 110 Å². The van der Waals surface area contributed by atoms with Gasteiger partial charge in [-0.15, -0.1) is 0 Å². The number of hydrogen-bond acceptors (Lipinski definition) is 3. The summed E-state index contributed by atoms with van der Waals surface area (Å²) in [5.74, 6) is 2.57. The van der Waals surface area contributed by atoms with Gasteiger partial charge in [-0.05, 0) is 67.1 Å². The Bertz CT molecular complexity index is 1570. The molecule has 0 amide bonds. The molecule has 2 unspecified atom stereocenters. The van der Waals surface area contributed by atoms with Gasteiger partial charge in [0.15, 0.2) is 0 Å². The van der Waals surface area contributed by atoms with Crippen molar-refractivity contribution in [2.24, 2.45) is 17.3 Å². The molecule has 1 aromatic heterocycles. The molecule has 38 heavy (non-hydrogen) atoms. The lowest BCUT2D eigenvalue weighted by atomic mass is 9.50. The van der Waals surface area contributed by atoms with E-state index in [1.165, 1.54) is 41.0 Å². The lowest BCUT2D eigenvalue weighted by Crippen LogP contribution is -2.46. The minimum atomic E-state index is 0.191. The summed E-state index contributed by atoms with van der Waals surface area (Å²) in [5.41, 5.74) is 6.68. The number of fused-ring (bicyclic) bond motifs is 3. The number of aryl methyl sites for hydroxylation is 1. The Hall–Kier alpha value is -3.17. The van der Waals surface area contributed by atoms with E-state index in [1.54, 1.807) is 5.57 Å². The number of nitrogens with zero attached hydrogens (tertiary/aromatic N) is 2. The number of benzene rings is 3. The fourth-order valence-corrected chi connectivity index (χ4v) is 8.14. The Morgan fingerprint density at radius 3 is 2.53 bits per heavy atom. The lowest BCUT2D eigenvalue weighted by molar-refractivity contribution is -0.00515. The van der Waals surface area contributed by atoms with Crippen molar-refractivity contribution in [3.05, 3.63) is 113 Å². The van der Waals surface area contributed by atoms with Crippen LogP contribution in [0.25, 0.3) is 22.2 Å². The average Bonchev–Trinajstić information content (AvgIpc) is 3.00. The predicted molar refractivity (Wildman–Crippen MR) is 159 cm³/mol. The Morgan fingerprint density at radius 2 is 1.66 bits per heavy atom. The maximum atomic E-state index is 5.24. The molecule has 0 spiro atoms. The largest absolute Gasteiger partial charge is 0.232 e. The number of allylic oxidation sites excluding steroid dienone is 3. The van der Waals surface area contributed by atoms with Gasteiger partial charge in [0, 0.05) is 26.7 Å². The Labute approximate surface area is 230 Å². The normalized spacial score (nSPS) is 24.2. The van der Waals surface area contributed by atoms with Crippen molar-refractivity contribution in [3.8, 4) is 11.3 Å². The van der Waals surface area contributed by atoms with E-state index in [9.17, 15) is 0 Å². The Kier molecular flexibility index (Phi) is 6.00. The zero-order valence-corrected chi connectivity index (χ0v) is 23.0. The monoisotopic (exact) mass is 514 g/mol. The van der Waals surface area contributed by atoms with E-state index in [-0.39, 0.29) is 5.92 Å². The highest BCUT2D eigenvalue weighted by atomic mass is 32.2. The molecule has 3 heteroatoms. The smallest absolute Gasteiger partial charge is 0.136 e. The van der Waals surface area contributed by atoms with Gasteiger partial charge < -0.3 is 0 Å². The van der Waals surface area contributed by atoms with Crippen molar-refractivity contribution in [2.45, 2.75) is 56.8 Å². The molecule has 3 aromatic carbocycles. The molecule has 0 N–H and O–H groups in total. The van der Waals surface area contributed by atoms with Crippen LogP contribution in [0.3, 0.4) is 0 Å². The summed E-state index contributed by atoms with van der Waals surface area (Å²) in [4.78, 5) is 13.3. The average molecular weight is 515 g/mol. The third-order valence-electron chi connectivity index (χ3n) is 9.32. The third kappa shape index (κ3) is 4.12. The molecule has 1 fully saturated rings. The summed E-state index contributed by atoms with van der Waals surface area (Å²) >= 11 is 1.99. The lowest BCUT2D eigenvalue weighted by Gasteiger charge is -2.54. The summed E-state index contributed by atoms with van der Waals surface area (Å²) < 4.78 is 0. The van der Waals surface area contributed by atoms with Gasteiger partial charge in [-0.25, -0.2) is 9.97 Å². The van der Waals surface area contributed by atoms with Crippen LogP contribution in [0.2, 0.25) is 0 Å². The molecular weight excluding hydrogens is 480 g/mol. The number of aromatic nitrogens is 2. The van der Waals surface area contributed by atoms with Crippen LogP contribution < -0.4 is 0 Å². The maximum absolute atomic E-state index is 5.24. The van der Waals surface area contributed by atoms with Crippen molar-refractivity contribution >= 4 is 22.7 Å². The van der Waals surface area contributed by atoms with Crippen LogP contribution in [-0.2, 0) is 6.42 Å². The first kappa shape index (κ1) is 23.9. The van der Waals surface area contributed by atoms with E-state index < -0.39 is 0 Å². The van der Waals surface area contributed by atoms with Crippen LogP contribution >= 0.6 is 11.8 Å². The number of rotatable bonds is 2. The van der Waals surface area contributed by atoms with Gasteiger partial charge in [-0.3, -0.25) is 0 Å². The quantitative estimate of drug-likeness (QED) is 0.266. The summed E-state index contributed by atoms with van der Waals surface area (Å²) in [6, 6.07) is 28.1. The first-order valence-corrected chi connectivity index (χ1v) is 14.9. The van der Waals surface area contributed by atoms with Crippen molar-refractivity contribution in [1.82, 2.24) is 9.97 Å². The summed E-state index contributed by atoms with van der Waals surface area (Å²) in [7, 11) is 0. The highest BCUT2D eigenvalue weighted by Crippen LogP contribution is 2.60. The third-order valence-corrected chi connectivity index (χ3v) is 10.6. The molecule has 3 heterocycles. The topological polar surface area (TPSA) is 25.8 Å². The Balaban J connectivity index is 1.31. The molecule has 2 bridgehead atoms. The van der Waals surface area contributed by atoms with E-state index in [0.29, 0.717) is 11.3 Å². The summed E-state index contributed by atoms with van der Waals surface area (Å²) in [6.45, 7) is 5.03. The van der Waals surface area contributed by atoms with Gasteiger partial charge in [0.1, 0.15) is 5.82 Å². The SMILES string of the molecule is CC1(C)C2C[C@H]1CCCc1ccccc1SC1=C2CC(c2nc(-c3ccccc3)c3ccccc3n2)C=C1. The van der Waals surface area contributed by atoms with E-state index >= 15 is 0 Å². The highest BCUT2D eigenvalue weighted by Gasteiger charge is 2.50. The van der Waals surface area contributed by atoms with Crippen LogP contribution in [0, 0.1) is 17.3 Å². The molecule has 190 valence electrons. The zero-order valence-electron chi connectivity index (χ0n) is 22.2. The molecule has 2 aliphatic heterocycles. The van der Waals surface area contributed by atoms with Crippen LogP contribution in [0.15, 0.2) is 106 Å². The molecule has 2 nitrogen and oxygen atoms in total. The van der Waals surface area contributed by atoms with Crippen molar-refractivity contribution < 1.29 is 0 Å². The van der Waals surface area contributed by atoms with Gasteiger partial charge in [-0.2, -0.15) is 0 Å². The molecular formula is C35H34N2S. The first-order chi connectivity index (χ1) is 18.6. The molecule has 0 saturated heterocycles. The molecule has 2 aliphatic carbocycles. The molecule has 4 aliphatic rings. The number of para-hydroxylation sites is 1. The second-order valence-electron chi connectivity index (χ2n) is 11.8.